The molecule has 0 aliphatic carbocycles. The van der Waals surface area contributed by atoms with E-state index in [0.717, 1.165) is 18.4 Å². The molecule has 2 aromatic carbocycles. The molecule has 2 amide bonds. The molecule has 0 aliphatic heterocycles. The molecule has 2 aromatic rings. The minimum Gasteiger partial charge on any atom is -0.462 e. The summed E-state index contributed by atoms with van der Waals surface area (Å²) < 4.78 is 5.13. The molecule has 6 heteroatoms. The Bertz CT molecular complexity index is 800. The number of hydrogen-bond donors (Lipinski definition) is 2. The van der Waals surface area contributed by atoms with Gasteiger partial charge in [0.25, 0.3) is 5.91 Å². The zero-order valence-electron chi connectivity index (χ0n) is 15.6. The van der Waals surface area contributed by atoms with Gasteiger partial charge in [-0.3, -0.25) is 9.59 Å². The molecule has 2 N–H and O–H groups in total. The van der Waals surface area contributed by atoms with Crippen LogP contribution in [-0.4, -0.2) is 30.9 Å². The fourth-order valence-corrected chi connectivity index (χ4v) is 2.34. The van der Waals surface area contributed by atoms with E-state index in [1.165, 1.54) is 0 Å². The largest absolute Gasteiger partial charge is 0.462 e. The number of aryl methyl sites for hydroxylation is 1. The Balaban J connectivity index is 1.81. The van der Waals surface area contributed by atoms with Crippen molar-refractivity contribution in [1.29, 1.82) is 0 Å². The molecule has 0 bridgehead atoms. The number of rotatable bonds is 8. The molecule has 0 fully saturated rings. The molecular formula is C21H24N2O4. The molecule has 142 valence electrons. The van der Waals surface area contributed by atoms with Crippen LogP contribution in [0, 0.1) is 6.92 Å². The topological polar surface area (TPSA) is 84.5 Å². The number of unbranched alkanes of at least 4 members (excludes halogenated alkanes) is 1. The van der Waals surface area contributed by atoms with Gasteiger partial charge in [0.05, 0.1) is 18.7 Å². The summed E-state index contributed by atoms with van der Waals surface area (Å²) in [6.45, 7) is 4.17. The predicted octanol–water partition coefficient (Wildman–Crippen LogP) is 3.32. The van der Waals surface area contributed by atoms with Gasteiger partial charge in [-0.05, 0) is 49.7 Å². The van der Waals surface area contributed by atoms with Crippen molar-refractivity contribution in [3.05, 3.63) is 65.2 Å². The Morgan fingerprint density at radius 3 is 2.41 bits per heavy atom. The maximum absolute atomic E-state index is 12.0. The van der Waals surface area contributed by atoms with E-state index >= 15 is 0 Å². The lowest BCUT2D eigenvalue weighted by atomic mass is 10.1. The lowest BCUT2D eigenvalue weighted by Gasteiger charge is -2.08. The van der Waals surface area contributed by atoms with Gasteiger partial charge in [0, 0.05) is 11.3 Å². The molecule has 0 unspecified atom stereocenters. The predicted molar refractivity (Wildman–Crippen MR) is 104 cm³/mol. The normalized spacial score (nSPS) is 10.1. The summed E-state index contributed by atoms with van der Waals surface area (Å²) in [5.74, 6) is -1.04. The SMILES string of the molecule is CCCCOC(=O)c1ccc(NC(=O)CNC(=O)c2cccc(C)c2)cc1. The minimum absolute atomic E-state index is 0.145. The average molecular weight is 368 g/mol. The van der Waals surface area contributed by atoms with Gasteiger partial charge < -0.3 is 15.4 Å². The van der Waals surface area contributed by atoms with Crippen LogP contribution in [0.25, 0.3) is 0 Å². The van der Waals surface area contributed by atoms with Gasteiger partial charge >= 0.3 is 5.97 Å². The first-order chi connectivity index (χ1) is 13.0. The maximum atomic E-state index is 12.0. The highest BCUT2D eigenvalue weighted by atomic mass is 16.5. The number of carbonyl (C=O) groups excluding carboxylic acids is 3. The number of esters is 1. The maximum Gasteiger partial charge on any atom is 0.338 e. The number of anilines is 1. The molecule has 0 spiro atoms. The van der Waals surface area contributed by atoms with E-state index in [0.29, 0.717) is 23.4 Å². The summed E-state index contributed by atoms with van der Waals surface area (Å²) in [6.07, 6.45) is 1.78. The quantitative estimate of drug-likeness (QED) is 0.553. The van der Waals surface area contributed by atoms with Crippen LogP contribution in [0.15, 0.2) is 48.5 Å². The van der Waals surface area contributed by atoms with Crippen molar-refractivity contribution in [1.82, 2.24) is 5.32 Å². The second-order valence-electron chi connectivity index (χ2n) is 6.17. The molecule has 0 aromatic heterocycles. The van der Waals surface area contributed by atoms with Crippen molar-refractivity contribution in [2.75, 3.05) is 18.5 Å². The van der Waals surface area contributed by atoms with Gasteiger partial charge in [-0.25, -0.2) is 4.79 Å². The van der Waals surface area contributed by atoms with Crippen LogP contribution in [0.3, 0.4) is 0 Å². The van der Waals surface area contributed by atoms with Crippen molar-refractivity contribution >= 4 is 23.5 Å². The second kappa shape index (κ2) is 10.1. The lowest BCUT2D eigenvalue weighted by molar-refractivity contribution is -0.115. The van der Waals surface area contributed by atoms with Gasteiger partial charge in [0.1, 0.15) is 0 Å². The highest BCUT2D eigenvalue weighted by Crippen LogP contribution is 2.11. The first-order valence-electron chi connectivity index (χ1n) is 8.91. The van der Waals surface area contributed by atoms with E-state index in [2.05, 4.69) is 10.6 Å². The van der Waals surface area contributed by atoms with Gasteiger partial charge in [-0.2, -0.15) is 0 Å². The number of ether oxygens (including phenoxy) is 1. The Morgan fingerprint density at radius 1 is 1.00 bits per heavy atom. The standard InChI is InChI=1S/C21H24N2O4/c1-3-4-12-27-21(26)16-8-10-18(11-9-16)23-19(24)14-22-20(25)17-7-5-6-15(2)13-17/h5-11,13H,3-4,12,14H2,1-2H3,(H,22,25)(H,23,24). The summed E-state index contributed by atoms with van der Waals surface area (Å²) in [4.78, 5) is 35.9. The molecule has 0 radical (unpaired) electrons. The third-order valence-electron chi connectivity index (χ3n) is 3.83. The van der Waals surface area contributed by atoms with Crippen molar-refractivity contribution in [3.63, 3.8) is 0 Å². The van der Waals surface area contributed by atoms with E-state index < -0.39 is 0 Å². The average Bonchev–Trinajstić information content (AvgIpc) is 2.67. The highest BCUT2D eigenvalue weighted by Gasteiger charge is 2.10. The van der Waals surface area contributed by atoms with Crippen molar-refractivity contribution in [2.24, 2.45) is 0 Å². The van der Waals surface area contributed by atoms with Crippen LogP contribution in [0.1, 0.15) is 46.0 Å². The molecule has 0 heterocycles. The van der Waals surface area contributed by atoms with Crippen LogP contribution >= 0.6 is 0 Å². The molecule has 2 rings (SSSR count). The van der Waals surface area contributed by atoms with E-state index in [1.54, 1.807) is 42.5 Å². The van der Waals surface area contributed by atoms with Gasteiger partial charge in [0.15, 0.2) is 0 Å². The molecule has 27 heavy (non-hydrogen) atoms. The number of amides is 2. The molecule has 0 saturated heterocycles. The van der Waals surface area contributed by atoms with Crippen LogP contribution in [0.4, 0.5) is 5.69 Å². The van der Waals surface area contributed by atoms with Crippen LogP contribution in [-0.2, 0) is 9.53 Å². The van der Waals surface area contributed by atoms with Crippen molar-refractivity contribution in [3.8, 4) is 0 Å². The number of hydrogen-bond acceptors (Lipinski definition) is 4. The fraction of sp³-hybridized carbons (Fsp3) is 0.286. The van der Waals surface area contributed by atoms with E-state index in [4.69, 9.17) is 4.74 Å². The monoisotopic (exact) mass is 368 g/mol. The van der Waals surface area contributed by atoms with E-state index in [9.17, 15) is 14.4 Å². The summed E-state index contributed by atoms with van der Waals surface area (Å²) in [7, 11) is 0. The zero-order chi connectivity index (χ0) is 19.6. The van der Waals surface area contributed by atoms with Gasteiger partial charge in [-0.15, -0.1) is 0 Å². The van der Waals surface area contributed by atoms with Crippen LogP contribution in [0.2, 0.25) is 0 Å². The van der Waals surface area contributed by atoms with E-state index in [-0.39, 0.29) is 24.3 Å². The Labute approximate surface area is 158 Å². The Morgan fingerprint density at radius 2 is 1.74 bits per heavy atom. The summed E-state index contributed by atoms with van der Waals surface area (Å²) >= 11 is 0. The Kier molecular flexibility index (Phi) is 7.55. The first-order valence-corrected chi connectivity index (χ1v) is 8.91. The fourth-order valence-electron chi connectivity index (χ4n) is 2.34. The molecule has 0 atom stereocenters. The molecule has 6 nitrogen and oxygen atoms in total. The van der Waals surface area contributed by atoms with Gasteiger partial charge in [0.2, 0.25) is 5.91 Å². The number of benzene rings is 2. The molecule has 0 aliphatic rings. The van der Waals surface area contributed by atoms with E-state index in [1.807, 2.05) is 19.9 Å². The zero-order valence-corrected chi connectivity index (χ0v) is 15.6. The second-order valence-corrected chi connectivity index (χ2v) is 6.17. The third-order valence-corrected chi connectivity index (χ3v) is 3.83. The number of carbonyl (C=O) groups is 3. The Hall–Kier alpha value is -3.15. The van der Waals surface area contributed by atoms with Crippen LogP contribution in [0.5, 0.6) is 0 Å². The summed E-state index contributed by atoms with van der Waals surface area (Å²) in [6, 6.07) is 13.6. The lowest BCUT2D eigenvalue weighted by Crippen LogP contribution is -2.32. The smallest absolute Gasteiger partial charge is 0.338 e. The third kappa shape index (κ3) is 6.58. The molecular weight excluding hydrogens is 344 g/mol. The minimum atomic E-state index is -0.383. The molecule has 0 saturated carbocycles. The van der Waals surface area contributed by atoms with Crippen LogP contribution < -0.4 is 10.6 Å². The summed E-state index contributed by atoms with van der Waals surface area (Å²) in [5.41, 5.74) is 2.45. The number of nitrogens with one attached hydrogen (secondary N) is 2. The summed E-state index contributed by atoms with van der Waals surface area (Å²) in [5, 5.41) is 5.25. The van der Waals surface area contributed by atoms with Gasteiger partial charge in [-0.1, -0.05) is 31.0 Å². The van der Waals surface area contributed by atoms with Crippen molar-refractivity contribution in [2.45, 2.75) is 26.7 Å². The van der Waals surface area contributed by atoms with Crippen molar-refractivity contribution < 1.29 is 19.1 Å². The first kappa shape index (κ1) is 20.2. The highest BCUT2D eigenvalue weighted by molar-refractivity contribution is 5.99.